The van der Waals surface area contributed by atoms with Crippen LogP contribution in [-0.4, -0.2) is 56.9 Å². The van der Waals surface area contributed by atoms with Crippen LogP contribution in [0.1, 0.15) is 64.7 Å². The maximum absolute atomic E-state index is 11.9. The standard InChI is InChI=1S/C18H32O6/c1-2-3-5-8-13-9-6-4-7-10-14(19)17(22)18(23)15(20)11-12-16(21)24-13/h11-15,17-20,22-23H,2-10H2,1H3/b12-11+/t13-,14-,15-,17+,18-/m1/s1. The SMILES string of the molecule is CCCCC[C@@H]1CCCCC[C@@H](O)[C@H](O)[C@H](O)[C@H](O)/C=C/C(=O)O1. The van der Waals surface area contributed by atoms with Gasteiger partial charge in [0.1, 0.15) is 24.4 Å². The molecule has 6 heteroatoms. The van der Waals surface area contributed by atoms with Crippen molar-refractivity contribution >= 4 is 5.97 Å². The lowest BCUT2D eigenvalue weighted by atomic mass is 9.97. The van der Waals surface area contributed by atoms with E-state index in [4.69, 9.17) is 4.74 Å². The smallest absolute Gasteiger partial charge is 0.330 e. The number of carbonyl (C=O) groups is 1. The number of ether oxygens (including phenoxy) is 1. The molecule has 0 aliphatic carbocycles. The van der Waals surface area contributed by atoms with Crippen LogP contribution in [0.15, 0.2) is 12.2 Å². The van der Waals surface area contributed by atoms with Crippen molar-refractivity contribution in [2.45, 2.75) is 95.2 Å². The lowest BCUT2D eigenvalue weighted by Crippen LogP contribution is -2.43. The number of hydrogen-bond donors (Lipinski definition) is 4. The first-order valence-electron chi connectivity index (χ1n) is 9.06. The molecule has 0 saturated carbocycles. The highest BCUT2D eigenvalue weighted by molar-refractivity contribution is 5.82. The van der Waals surface area contributed by atoms with Crippen LogP contribution in [-0.2, 0) is 9.53 Å². The number of aliphatic hydroxyl groups excluding tert-OH is 4. The first kappa shape index (κ1) is 21.1. The molecule has 5 atom stereocenters. The molecule has 0 fully saturated rings. The number of cyclic esters (lactones) is 1. The molecule has 4 N–H and O–H groups in total. The molecule has 1 heterocycles. The van der Waals surface area contributed by atoms with Gasteiger partial charge < -0.3 is 25.2 Å². The summed E-state index contributed by atoms with van der Waals surface area (Å²) in [6.07, 6.45) is 4.06. The van der Waals surface area contributed by atoms with E-state index in [1.807, 2.05) is 0 Å². The van der Waals surface area contributed by atoms with Crippen molar-refractivity contribution in [1.29, 1.82) is 0 Å². The predicted octanol–water partition coefficient (Wildman–Crippen LogP) is 1.44. The first-order chi connectivity index (χ1) is 11.5. The molecule has 24 heavy (non-hydrogen) atoms. The van der Waals surface area contributed by atoms with Gasteiger partial charge in [-0.1, -0.05) is 32.6 Å². The van der Waals surface area contributed by atoms with Crippen molar-refractivity contribution in [2.75, 3.05) is 0 Å². The molecule has 0 aromatic carbocycles. The van der Waals surface area contributed by atoms with Crippen LogP contribution in [0.5, 0.6) is 0 Å². The fourth-order valence-electron chi connectivity index (χ4n) is 2.88. The van der Waals surface area contributed by atoms with Crippen LogP contribution >= 0.6 is 0 Å². The van der Waals surface area contributed by atoms with Gasteiger partial charge in [-0.2, -0.15) is 0 Å². The van der Waals surface area contributed by atoms with Gasteiger partial charge in [-0.05, 0) is 38.2 Å². The largest absolute Gasteiger partial charge is 0.459 e. The van der Waals surface area contributed by atoms with Gasteiger partial charge in [0.25, 0.3) is 0 Å². The lowest BCUT2D eigenvalue weighted by molar-refractivity contribution is -0.144. The number of aliphatic hydroxyl groups is 4. The van der Waals surface area contributed by atoms with E-state index in [2.05, 4.69) is 6.92 Å². The minimum atomic E-state index is -1.55. The molecular formula is C18H32O6. The van der Waals surface area contributed by atoms with Crippen molar-refractivity contribution in [1.82, 2.24) is 0 Å². The maximum atomic E-state index is 11.9. The van der Waals surface area contributed by atoms with Crippen molar-refractivity contribution in [3.05, 3.63) is 12.2 Å². The van der Waals surface area contributed by atoms with E-state index in [1.54, 1.807) is 0 Å². The monoisotopic (exact) mass is 344 g/mol. The third-order valence-electron chi connectivity index (χ3n) is 4.46. The van der Waals surface area contributed by atoms with E-state index in [9.17, 15) is 25.2 Å². The molecule has 140 valence electrons. The molecule has 6 nitrogen and oxygen atoms in total. The zero-order valence-electron chi connectivity index (χ0n) is 14.5. The molecule has 1 aliphatic heterocycles. The highest BCUT2D eigenvalue weighted by atomic mass is 16.5. The van der Waals surface area contributed by atoms with Crippen LogP contribution < -0.4 is 0 Å². The summed E-state index contributed by atoms with van der Waals surface area (Å²) in [5.41, 5.74) is 0. The van der Waals surface area contributed by atoms with E-state index in [0.717, 1.165) is 57.1 Å². The Hall–Kier alpha value is -0.950. The quantitative estimate of drug-likeness (QED) is 0.454. The summed E-state index contributed by atoms with van der Waals surface area (Å²) in [6.45, 7) is 2.12. The predicted molar refractivity (Wildman–Crippen MR) is 90.3 cm³/mol. The summed E-state index contributed by atoms with van der Waals surface area (Å²) in [7, 11) is 0. The molecule has 1 aliphatic rings. The topological polar surface area (TPSA) is 107 Å². The van der Waals surface area contributed by atoms with Crippen molar-refractivity contribution in [3.63, 3.8) is 0 Å². The van der Waals surface area contributed by atoms with Crippen molar-refractivity contribution in [2.24, 2.45) is 0 Å². The van der Waals surface area contributed by atoms with Gasteiger partial charge in [0.05, 0.1) is 6.10 Å². The normalized spacial score (nSPS) is 35.0. The Kier molecular flexibility index (Phi) is 10.2. The molecule has 0 bridgehead atoms. The van der Waals surface area contributed by atoms with E-state index in [-0.39, 0.29) is 6.10 Å². The zero-order valence-corrected chi connectivity index (χ0v) is 14.5. The minimum Gasteiger partial charge on any atom is -0.459 e. The average Bonchev–Trinajstić information content (AvgIpc) is 2.56. The Morgan fingerprint density at radius 2 is 1.75 bits per heavy atom. The lowest BCUT2D eigenvalue weighted by Gasteiger charge is -2.25. The molecular weight excluding hydrogens is 312 g/mol. The molecule has 0 amide bonds. The fraction of sp³-hybridized carbons (Fsp3) is 0.833. The third kappa shape index (κ3) is 7.75. The number of hydrogen-bond acceptors (Lipinski definition) is 6. The summed E-state index contributed by atoms with van der Waals surface area (Å²) in [5.74, 6) is -0.560. The van der Waals surface area contributed by atoms with Crippen LogP contribution in [0.4, 0.5) is 0 Å². The zero-order chi connectivity index (χ0) is 17.9. The average molecular weight is 344 g/mol. The Morgan fingerprint density at radius 3 is 2.46 bits per heavy atom. The molecule has 0 aromatic rings. The second kappa shape index (κ2) is 11.6. The van der Waals surface area contributed by atoms with Crippen LogP contribution in [0.3, 0.4) is 0 Å². The molecule has 0 aromatic heterocycles. The second-order valence-electron chi connectivity index (χ2n) is 6.59. The van der Waals surface area contributed by atoms with E-state index >= 15 is 0 Å². The van der Waals surface area contributed by atoms with Gasteiger partial charge in [0.15, 0.2) is 0 Å². The van der Waals surface area contributed by atoms with Gasteiger partial charge in [-0.25, -0.2) is 4.79 Å². The summed E-state index contributed by atoms with van der Waals surface area (Å²) in [5, 5.41) is 39.4. The summed E-state index contributed by atoms with van der Waals surface area (Å²) < 4.78 is 5.44. The Bertz CT molecular complexity index is 384. The fourth-order valence-corrected chi connectivity index (χ4v) is 2.88. The Labute approximate surface area is 144 Å². The molecule has 0 unspecified atom stereocenters. The molecule has 0 saturated heterocycles. The summed E-state index contributed by atoms with van der Waals surface area (Å²) in [4.78, 5) is 11.9. The summed E-state index contributed by atoms with van der Waals surface area (Å²) in [6, 6.07) is 0. The van der Waals surface area contributed by atoms with Crippen LogP contribution in [0.2, 0.25) is 0 Å². The van der Waals surface area contributed by atoms with Crippen molar-refractivity contribution in [3.8, 4) is 0 Å². The second-order valence-corrected chi connectivity index (χ2v) is 6.59. The van der Waals surface area contributed by atoms with Crippen LogP contribution in [0.25, 0.3) is 0 Å². The van der Waals surface area contributed by atoms with Crippen molar-refractivity contribution < 1.29 is 30.0 Å². The van der Waals surface area contributed by atoms with Gasteiger partial charge in [-0.3, -0.25) is 0 Å². The minimum absolute atomic E-state index is 0.144. The van der Waals surface area contributed by atoms with E-state index in [1.165, 1.54) is 0 Å². The number of unbranched alkanes of at least 4 members (excludes halogenated alkanes) is 2. The highest BCUT2D eigenvalue weighted by Gasteiger charge is 2.29. The molecule has 0 radical (unpaired) electrons. The molecule has 0 spiro atoms. The maximum Gasteiger partial charge on any atom is 0.330 e. The van der Waals surface area contributed by atoms with Gasteiger partial charge in [0.2, 0.25) is 0 Å². The number of esters is 1. The summed E-state index contributed by atoms with van der Waals surface area (Å²) >= 11 is 0. The van der Waals surface area contributed by atoms with Gasteiger partial charge >= 0.3 is 5.97 Å². The van der Waals surface area contributed by atoms with Gasteiger partial charge in [0, 0.05) is 6.08 Å². The third-order valence-corrected chi connectivity index (χ3v) is 4.46. The van der Waals surface area contributed by atoms with Crippen LogP contribution in [0, 0.1) is 0 Å². The van der Waals surface area contributed by atoms with E-state index in [0.29, 0.717) is 12.8 Å². The first-order valence-corrected chi connectivity index (χ1v) is 9.06. The Morgan fingerprint density at radius 1 is 1.04 bits per heavy atom. The van der Waals surface area contributed by atoms with Gasteiger partial charge in [-0.15, -0.1) is 0 Å². The highest BCUT2D eigenvalue weighted by Crippen LogP contribution is 2.18. The molecule has 1 rings (SSSR count). The number of carbonyl (C=O) groups excluding carboxylic acids is 1. The Balaban J connectivity index is 2.71. The number of rotatable bonds is 4. The van der Waals surface area contributed by atoms with E-state index < -0.39 is 30.4 Å².